The van der Waals surface area contributed by atoms with E-state index in [2.05, 4.69) is 21.0 Å². The molecular weight excluding hydrogens is 272 g/mol. The Morgan fingerprint density at radius 3 is 2.56 bits per heavy atom. The van der Waals surface area contributed by atoms with Gasteiger partial charge in [-0.25, -0.2) is 0 Å². The van der Waals surface area contributed by atoms with Gasteiger partial charge in [-0.2, -0.15) is 5.10 Å². The quantitative estimate of drug-likeness (QED) is 0.876. The molecule has 2 unspecified atom stereocenters. The van der Waals surface area contributed by atoms with Crippen LogP contribution in [0, 0.1) is 0 Å². The van der Waals surface area contributed by atoms with Crippen LogP contribution < -0.4 is 0 Å². The Hall–Kier alpha value is -0.390. The second-order valence-corrected chi connectivity index (χ2v) is 5.07. The molecule has 0 saturated carbocycles. The number of hydrogen-bond acceptors (Lipinski definition) is 3. The fourth-order valence-electron chi connectivity index (χ4n) is 1.67. The highest BCUT2D eigenvalue weighted by atomic mass is 79.9. The molecule has 0 aromatic carbocycles. The third-order valence-corrected chi connectivity index (χ3v) is 3.12. The average Bonchev–Trinajstić information content (AvgIpc) is 2.59. The summed E-state index contributed by atoms with van der Waals surface area (Å²) in [6, 6.07) is 0.157. The molecule has 0 amide bonds. The molecule has 1 rings (SSSR count). The summed E-state index contributed by atoms with van der Waals surface area (Å²) in [7, 11) is 0. The summed E-state index contributed by atoms with van der Waals surface area (Å²) in [6.07, 6.45) is 1.44. The van der Waals surface area contributed by atoms with E-state index in [-0.39, 0.29) is 6.04 Å². The van der Waals surface area contributed by atoms with E-state index in [0.717, 1.165) is 10.9 Å². The molecule has 0 aliphatic rings. The Morgan fingerprint density at radius 1 is 1.44 bits per heavy atom. The lowest BCUT2D eigenvalue weighted by Crippen LogP contribution is -2.22. The minimum atomic E-state index is -0.890. The molecule has 0 aliphatic heterocycles. The van der Waals surface area contributed by atoms with E-state index in [0.29, 0.717) is 12.1 Å². The molecule has 0 aliphatic carbocycles. The molecule has 1 aromatic heterocycles. The molecule has 1 heterocycles. The lowest BCUT2D eigenvalue weighted by molar-refractivity contribution is 0.00687. The van der Waals surface area contributed by atoms with Gasteiger partial charge in [0.05, 0.1) is 22.5 Å². The minimum Gasteiger partial charge on any atom is -0.390 e. The Kier molecular flexibility index (Phi) is 4.95. The first-order chi connectivity index (χ1) is 7.49. The van der Waals surface area contributed by atoms with Gasteiger partial charge in [-0.1, -0.05) is 13.3 Å². The summed E-state index contributed by atoms with van der Waals surface area (Å²) in [5.74, 6) is 0. The lowest BCUT2D eigenvalue weighted by Gasteiger charge is -2.20. The zero-order chi connectivity index (χ0) is 12.3. The van der Waals surface area contributed by atoms with Crippen LogP contribution in [0.5, 0.6) is 0 Å². The highest BCUT2D eigenvalue weighted by Gasteiger charge is 2.25. The number of aromatic nitrogens is 2. The third kappa shape index (κ3) is 2.84. The molecule has 0 radical (unpaired) electrons. The van der Waals surface area contributed by atoms with Crippen molar-refractivity contribution in [1.29, 1.82) is 0 Å². The maximum absolute atomic E-state index is 10.1. The molecular formula is C11H19BrN2O2. The summed E-state index contributed by atoms with van der Waals surface area (Å²) < 4.78 is 2.47. The topological polar surface area (TPSA) is 58.3 Å². The van der Waals surface area contributed by atoms with Crippen molar-refractivity contribution in [2.24, 2.45) is 0 Å². The van der Waals surface area contributed by atoms with Gasteiger partial charge in [0.1, 0.15) is 6.10 Å². The summed E-state index contributed by atoms with van der Waals surface area (Å²) in [5.41, 5.74) is 0.649. The smallest absolute Gasteiger partial charge is 0.123 e. The standard InChI is InChI=1S/C11H19BrN2O2/c1-4-5-9(15)11(16)10-8(12)6-13-14(10)7(2)3/h6-7,9,11,15-16H,4-5H2,1-3H3. The number of aliphatic hydroxyl groups excluding tert-OH is 2. The van der Waals surface area contributed by atoms with Crippen molar-refractivity contribution < 1.29 is 10.2 Å². The molecule has 92 valence electrons. The van der Waals surface area contributed by atoms with Crippen molar-refractivity contribution in [2.45, 2.75) is 51.9 Å². The van der Waals surface area contributed by atoms with Gasteiger partial charge < -0.3 is 10.2 Å². The first-order valence-corrected chi connectivity index (χ1v) is 6.37. The maximum Gasteiger partial charge on any atom is 0.123 e. The van der Waals surface area contributed by atoms with Crippen molar-refractivity contribution in [1.82, 2.24) is 9.78 Å². The van der Waals surface area contributed by atoms with E-state index in [1.165, 1.54) is 0 Å². The molecule has 0 saturated heterocycles. The van der Waals surface area contributed by atoms with Crippen LogP contribution in [0.3, 0.4) is 0 Å². The number of halogens is 1. The zero-order valence-corrected chi connectivity index (χ0v) is 11.5. The Morgan fingerprint density at radius 2 is 2.06 bits per heavy atom. The number of aliphatic hydroxyl groups is 2. The van der Waals surface area contributed by atoms with Gasteiger partial charge in [0.25, 0.3) is 0 Å². The van der Waals surface area contributed by atoms with Crippen LogP contribution in [-0.4, -0.2) is 26.1 Å². The van der Waals surface area contributed by atoms with E-state index in [1.54, 1.807) is 10.9 Å². The van der Waals surface area contributed by atoms with Gasteiger partial charge in [0.15, 0.2) is 0 Å². The van der Waals surface area contributed by atoms with Gasteiger partial charge in [0.2, 0.25) is 0 Å². The number of nitrogens with zero attached hydrogens (tertiary/aromatic N) is 2. The van der Waals surface area contributed by atoms with E-state index in [9.17, 15) is 10.2 Å². The first kappa shape index (κ1) is 13.7. The van der Waals surface area contributed by atoms with Gasteiger partial charge in [-0.15, -0.1) is 0 Å². The first-order valence-electron chi connectivity index (χ1n) is 5.58. The van der Waals surface area contributed by atoms with Crippen molar-refractivity contribution in [2.75, 3.05) is 0 Å². The van der Waals surface area contributed by atoms with Crippen LogP contribution in [0.25, 0.3) is 0 Å². The summed E-state index contributed by atoms with van der Waals surface area (Å²) in [5, 5.41) is 24.1. The third-order valence-electron chi connectivity index (χ3n) is 2.51. The normalized spacial score (nSPS) is 15.4. The predicted molar refractivity (Wildman–Crippen MR) is 66.2 cm³/mol. The van der Waals surface area contributed by atoms with Gasteiger partial charge in [-0.3, -0.25) is 4.68 Å². The van der Waals surface area contributed by atoms with Crippen LogP contribution >= 0.6 is 15.9 Å². The molecule has 0 bridgehead atoms. The molecule has 5 heteroatoms. The molecule has 0 spiro atoms. The van der Waals surface area contributed by atoms with Gasteiger partial charge in [0, 0.05) is 6.04 Å². The average molecular weight is 291 g/mol. The van der Waals surface area contributed by atoms with Crippen LogP contribution in [0.2, 0.25) is 0 Å². The van der Waals surface area contributed by atoms with Crippen LogP contribution in [-0.2, 0) is 0 Å². The molecule has 0 fully saturated rings. The van der Waals surface area contributed by atoms with Crippen molar-refractivity contribution >= 4 is 15.9 Å². The molecule has 16 heavy (non-hydrogen) atoms. The second-order valence-electron chi connectivity index (χ2n) is 4.22. The lowest BCUT2D eigenvalue weighted by atomic mass is 10.1. The molecule has 2 atom stereocenters. The Balaban J connectivity index is 2.97. The van der Waals surface area contributed by atoms with E-state index >= 15 is 0 Å². The summed E-state index contributed by atoms with van der Waals surface area (Å²) >= 11 is 3.35. The maximum atomic E-state index is 10.1. The largest absolute Gasteiger partial charge is 0.390 e. The fraction of sp³-hybridized carbons (Fsp3) is 0.727. The SMILES string of the molecule is CCCC(O)C(O)c1c(Br)cnn1C(C)C. The van der Waals surface area contributed by atoms with Gasteiger partial charge in [-0.05, 0) is 36.2 Å². The summed E-state index contributed by atoms with van der Waals surface area (Å²) in [4.78, 5) is 0. The van der Waals surface area contributed by atoms with Crippen LogP contribution in [0.15, 0.2) is 10.7 Å². The molecule has 1 aromatic rings. The van der Waals surface area contributed by atoms with Crippen molar-refractivity contribution in [3.8, 4) is 0 Å². The van der Waals surface area contributed by atoms with E-state index in [4.69, 9.17) is 0 Å². The monoisotopic (exact) mass is 290 g/mol. The van der Waals surface area contributed by atoms with E-state index < -0.39 is 12.2 Å². The fourth-order valence-corrected chi connectivity index (χ4v) is 2.18. The Bertz CT molecular complexity index is 339. The predicted octanol–water partition coefficient (Wildman–Crippen LogP) is 2.42. The minimum absolute atomic E-state index is 0.157. The van der Waals surface area contributed by atoms with Crippen molar-refractivity contribution in [3.63, 3.8) is 0 Å². The van der Waals surface area contributed by atoms with Crippen LogP contribution in [0.1, 0.15) is 51.5 Å². The van der Waals surface area contributed by atoms with Crippen molar-refractivity contribution in [3.05, 3.63) is 16.4 Å². The highest BCUT2D eigenvalue weighted by molar-refractivity contribution is 9.10. The van der Waals surface area contributed by atoms with E-state index in [1.807, 2.05) is 20.8 Å². The Labute approximate surface area is 104 Å². The van der Waals surface area contributed by atoms with Crippen LogP contribution in [0.4, 0.5) is 0 Å². The molecule has 2 N–H and O–H groups in total. The number of hydrogen-bond donors (Lipinski definition) is 2. The second kappa shape index (κ2) is 5.80. The highest BCUT2D eigenvalue weighted by Crippen LogP contribution is 2.29. The molecule has 4 nitrogen and oxygen atoms in total. The zero-order valence-electron chi connectivity index (χ0n) is 9.89. The number of rotatable bonds is 5. The van der Waals surface area contributed by atoms with Gasteiger partial charge >= 0.3 is 0 Å². The summed E-state index contributed by atoms with van der Waals surface area (Å²) in [6.45, 7) is 5.95.